The van der Waals surface area contributed by atoms with Crippen LogP contribution < -0.4 is 11.1 Å². The molecule has 0 unspecified atom stereocenters. The Morgan fingerprint density at radius 1 is 1.32 bits per heavy atom. The third kappa shape index (κ3) is 3.76. The first-order chi connectivity index (χ1) is 12.1. The second-order valence-electron chi connectivity index (χ2n) is 5.74. The van der Waals surface area contributed by atoms with Crippen LogP contribution in [-0.4, -0.2) is 21.5 Å². The summed E-state index contributed by atoms with van der Waals surface area (Å²) in [5.74, 6) is -1.23. The van der Waals surface area contributed by atoms with E-state index < -0.39 is 11.6 Å². The van der Waals surface area contributed by atoms with Gasteiger partial charge in [-0.2, -0.15) is 0 Å². The summed E-state index contributed by atoms with van der Waals surface area (Å²) in [6.45, 7) is 2.14. The van der Waals surface area contributed by atoms with Crippen LogP contribution in [0.3, 0.4) is 0 Å². The molecule has 7 heteroatoms. The van der Waals surface area contributed by atoms with Crippen molar-refractivity contribution in [1.29, 1.82) is 0 Å². The van der Waals surface area contributed by atoms with Gasteiger partial charge in [0.25, 0.3) is 0 Å². The number of oxazole rings is 1. The zero-order valence-electron chi connectivity index (χ0n) is 13.7. The Kier molecular flexibility index (Phi) is 4.92. The predicted molar refractivity (Wildman–Crippen MR) is 90.6 cm³/mol. The molecule has 0 saturated carbocycles. The highest BCUT2D eigenvalue weighted by atomic mass is 19.1. The van der Waals surface area contributed by atoms with E-state index in [4.69, 9.17) is 4.42 Å². The van der Waals surface area contributed by atoms with Crippen molar-refractivity contribution in [2.24, 2.45) is 0 Å². The molecule has 0 bridgehead atoms. The average Bonchev–Trinajstić information content (AvgIpc) is 2.92. The molecule has 130 valence electrons. The van der Waals surface area contributed by atoms with Gasteiger partial charge in [-0.1, -0.05) is 25.1 Å². The van der Waals surface area contributed by atoms with Crippen LogP contribution in [0.15, 0.2) is 51.8 Å². The number of benzene rings is 1. The van der Waals surface area contributed by atoms with Crippen LogP contribution in [0.25, 0.3) is 11.2 Å². The molecule has 1 atom stereocenters. The topological polar surface area (TPSA) is 77.1 Å². The Bertz CT molecular complexity index is 948. The second kappa shape index (κ2) is 7.29. The van der Waals surface area contributed by atoms with Crippen molar-refractivity contribution in [2.75, 3.05) is 0 Å². The molecule has 2 aromatic heterocycles. The fourth-order valence-electron chi connectivity index (χ4n) is 2.65. The first-order valence-electron chi connectivity index (χ1n) is 8.05. The van der Waals surface area contributed by atoms with Crippen molar-refractivity contribution >= 4 is 17.1 Å². The average molecular weight is 343 g/mol. The maximum absolute atomic E-state index is 13.7. The summed E-state index contributed by atoms with van der Waals surface area (Å²) in [5.41, 5.74) is 1.18. The van der Waals surface area contributed by atoms with E-state index >= 15 is 0 Å². The Morgan fingerprint density at radius 3 is 2.88 bits per heavy atom. The lowest BCUT2D eigenvalue weighted by molar-refractivity contribution is -0.121. The standard InChI is InChI=1S/C18H18FN3O3/c1-2-13(21-16(23)10-12-6-3-4-7-14(12)19)11-22-17-15(25-18(22)24)8-5-9-20-17/h3-9,13H,2,10-11H2,1H3,(H,21,23)/t13-/m1/s1. The molecule has 0 radical (unpaired) electrons. The van der Waals surface area contributed by atoms with E-state index in [1.807, 2.05) is 6.92 Å². The predicted octanol–water partition coefficient (Wildman–Crippen LogP) is 2.27. The molecule has 1 N–H and O–H groups in total. The number of rotatable bonds is 6. The summed E-state index contributed by atoms with van der Waals surface area (Å²) in [7, 11) is 0. The molecule has 0 saturated heterocycles. The molecule has 3 aromatic rings. The van der Waals surface area contributed by atoms with E-state index in [0.717, 1.165) is 0 Å². The number of nitrogens with zero attached hydrogens (tertiary/aromatic N) is 2. The van der Waals surface area contributed by atoms with Crippen LogP contribution in [0.1, 0.15) is 18.9 Å². The highest BCUT2D eigenvalue weighted by Gasteiger charge is 2.17. The maximum atomic E-state index is 13.7. The Morgan fingerprint density at radius 2 is 2.12 bits per heavy atom. The summed E-state index contributed by atoms with van der Waals surface area (Å²) < 4.78 is 20.2. The van der Waals surface area contributed by atoms with Gasteiger partial charge in [0.1, 0.15) is 5.82 Å². The Hall–Kier alpha value is -2.96. The molecule has 0 aliphatic heterocycles. The van der Waals surface area contributed by atoms with Crippen LogP contribution >= 0.6 is 0 Å². The zero-order chi connectivity index (χ0) is 17.8. The Balaban J connectivity index is 1.72. The molecule has 0 aliphatic carbocycles. The smallest absolute Gasteiger partial charge is 0.406 e. The maximum Gasteiger partial charge on any atom is 0.421 e. The molecule has 1 aromatic carbocycles. The number of carbonyl (C=O) groups excluding carboxylic acids is 1. The molecule has 2 heterocycles. The van der Waals surface area contributed by atoms with Crippen molar-refractivity contribution in [3.8, 4) is 0 Å². The van der Waals surface area contributed by atoms with Gasteiger partial charge in [0.15, 0.2) is 11.2 Å². The molecule has 6 nitrogen and oxygen atoms in total. The number of carbonyl (C=O) groups is 1. The summed E-state index contributed by atoms with van der Waals surface area (Å²) in [6.07, 6.45) is 2.13. The van der Waals surface area contributed by atoms with E-state index in [9.17, 15) is 14.0 Å². The lowest BCUT2D eigenvalue weighted by Gasteiger charge is -2.17. The quantitative estimate of drug-likeness (QED) is 0.745. The minimum absolute atomic E-state index is 0.0531. The number of amides is 1. The molecule has 25 heavy (non-hydrogen) atoms. The summed E-state index contributed by atoms with van der Waals surface area (Å²) >= 11 is 0. The second-order valence-corrected chi connectivity index (χ2v) is 5.74. The van der Waals surface area contributed by atoms with Gasteiger partial charge in [0, 0.05) is 12.2 Å². The van der Waals surface area contributed by atoms with Crippen LogP contribution in [0.5, 0.6) is 0 Å². The third-order valence-corrected chi connectivity index (χ3v) is 3.99. The van der Waals surface area contributed by atoms with Crippen LogP contribution in [0.2, 0.25) is 0 Å². The van der Waals surface area contributed by atoms with Crippen LogP contribution in [-0.2, 0) is 17.8 Å². The Labute approximate surface area is 143 Å². The largest absolute Gasteiger partial charge is 0.421 e. The molecule has 3 rings (SSSR count). The normalized spacial score (nSPS) is 12.2. The summed E-state index contributed by atoms with van der Waals surface area (Å²) in [5, 5.41) is 2.84. The first kappa shape index (κ1) is 16.9. The lowest BCUT2D eigenvalue weighted by Crippen LogP contribution is -2.40. The van der Waals surface area contributed by atoms with Crippen LogP contribution in [0, 0.1) is 5.82 Å². The van der Waals surface area contributed by atoms with Crippen molar-refractivity contribution in [1.82, 2.24) is 14.9 Å². The van der Waals surface area contributed by atoms with E-state index in [2.05, 4.69) is 10.3 Å². The molecule has 0 fully saturated rings. The van der Waals surface area contributed by atoms with Crippen LogP contribution in [0.4, 0.5) is 4.39 Å². The number of aromatic nitrogens is 2. The van der Waals surface area contributed by atoms with E-state index in [1.54, 1.807) is 36.5 Å². The first-order valence-corrected chi connectivity index (χ1v) is 8.05. The number of pyridine rings is 1. The molecular formula is C18H18FN3O3. The monoisotopic (exact) mass is 343 g/mol. The summed E-state index contributed by atoms with van der Waals surface area (Å²) in [4.78, 5) is 28.4. The van der Waals surface area contributed by atoms with Gasteiger partial charge in [-0.25, -0.2) is 14.2 Å². The van der Waals surface area contributed by atoms with Gasteiger partial charge in [-0.05, 0) is 30.2 Å². The van der Waals surface area contributed by atoms with Gasteiger partial charge < -0.3 is 9.73 Å². The number of nitrogens with one attached hydrogen (secondary N) is 1. The van der Waals surface area contributed by atoms with Gasteiger partial charge in [-0.3, -0.25) is 9.36 Å². The van der Waals surface area contributed by atoms with Crippen molar-refractivity contribution in [2.45, 2.75) is 32.4 Å². The number of fused-ring (bicyclic) bond motifs is 1. The SMILES string of the molecule is CC[C@H](Cn1c(=O)oc2cccnc21)NC(=O)Cc1ccccc1F. The van der Waals surface area contributed by atoms with Crippen molar-refractivity contribution in [3.63, 3.8) is 0 Å². The highest BCUT2D eigenvalue weighted by molar-refractivity contribution is 5.79. The number of hydrogen-bond acceptors (Lipinski definition) is 4. The van der Waals surface area contributed by atoms with Gasteiger partial charge in [-0.15, -0.1) is 0 Å². The fourth-order valence-corrected chi connectivity index (χ4v) is 2.65. The molecule has 1 amide bonds. The van der Waals surface area contributed by atoms with Gasteiger partial charge >= 0.3 is 5.76 Å². The van der Waals surface area contributed by atoms with E-state index in [0.29, 0.717) is 23.2 Å². The van der Waals surface area contributed by atoms with Crippen molar-refractivity contribution < 1.29 is 13.6 Å². The van der Waals surface area contributed by atoms with Gasteiger partial charge in [0.2, 0.25) is 5.91 Å². The van der Waals surface area contributed by atoms with E-state index in [-0.39, 0.29) is 24.9 Å². The lowest BCUT2D eigenvalue weighted by atomic mass is 10.1. The van der Waals surface area contributed by atoms with Crippen molar-refractivity contribution in [3.05, 3.63) is 64.5 Å². The third-order valence-electron chi connectivity index (χ3n) is 3.99. The van der Waals surface area contributed by atoms with E-state index in [1.165, 1.54) is 10.6 Å². The summed E-state index contributed by atoms with van der Waals surface area (Å²) in [6, 6.07) is 9.22. The molecular weight excluding hydrogens is 325 g/mol. The minimum Gasteiger partial charge on any atom is -0.406 e. The number of hydrogen-bond donors (Lipinski definition) is 1. The van der Waals surface area contributed by atoms with Gasteiger partial charge in [0.05, 0.1) is 13.0 Å². The highest BCUT2D eigenvalue weighted by Crippen LogP contribution is 2.11. The molecule has 0 spiro atoms. The zero-order valence-corrected chi connectivity index (χ0v) is 13.7. The molecule has 0 aliphatic rings. The number of halogens is 1. The minimum atomic E-state index is -0.518. The fraction of sp³-hybridized carbons (Fsp3) is 0.278.